The monoisotopic (exact) mass is 450 g/mol. The van der Waals surface area contributed by atoms with E-state index >= 15 is 0 Å². The first-order valence-electron chi connectivity index (χ1n) is 10.6. The molecule has 4 N–H and O–H groups in total. The Morgan fingerprint density at radius 2 is 2.00 bits per heavy atom. The Morgan fingerprint density at radius 1 is 1.21 bits per heavy atom. The molecule has 0 saturated heterocycles. The molecular weight excluding hydrogens is 420 g/mol. The fourth-order valence-electron chi connectivity index (χ4n) is 3.52. The second-order valence-corrected chi connectivity index (χ2v) is 8.59. The van der Waals surface area contributed by atoms with Crippen LogP contribution in [0.25, 0.3) is 11.4 Å². The van der Waals surface area contributed by atoms with E-state index in [-0.39, 0.29) is 5.60 Å². The number of aromatic nitrogens is 4. The number of nitrogens with zero attached hydrogens (tertiary/aromatic N) is 5. The number of imidazole rings is 1. The van der Waals surface area contributed by atoms with Crippen LogP contribution < -0.4 is 21.1 Å². The van der Waals surface area contributed by atoms with E-state index in [2.05, 4.69) is 30.6 Å². The van der Waals surface area contributed by atoms with Crippen LogP contribution in [0.5, 0.6) is 5.88 Å². The van der Waals surface area contributed by atoms with E-state index < -0.39 is 5.79 Å². The maximum Gasteiger partial charge on any atom is 0.222 e. The summed E-state index contributed by atoms with van der Waals surface area (Å²) in [5.41, 5.74) is 10.2. The zero-order valence-corrected chi connectivity index (χ0v) is 19.8. The van der Waals surface area contributed by atoms with Gasteiger partial charge in [-0.3, -0.25) is 5.73 Å². The number of aliphatic imine (C=N–C) groups is 1. The SMILES string of the molecule is COc1nc(-c2cnc(C)n2C)ccc1C1(N)N=Cc2ccnc(NCC(C)(C)OC)c2N1. The van der Waals surface area contributed by atoms with Crippen LogP contribution in [0.2, 0.25) is 0 Å². The number of pyridine rings is 2. The highest BCUT2D eigenvalue weighted by Gasteiger charge is 2.35. The van der Waals surface area contributed by atoms with Crippen LogP contribution in [-0.2, 0) is 17.6 Å². The normalized spacial score (nSPS) is 17.4. The number of fused-ring (bicyclic) bond motifs is 1. The summed E-state index contributed by atoms with van der Waals surface area (Å²) >= 11 is 0. The van der Waals surface area contributed by atoms with Crippen molar-refractivity contribution in [3.05, 3.63) is 47.5 Å². The fraction of sp³-hybridized carbons (Fsp3) is 0.391. The number of aryl methyl sites for hydroxylation is 1. The summed E-state index contributed by atoms with van der Waals surface area (Å²) in [6.07, 6.45) is 5.25. The Bertz CT molecular complexity index is 1200. The summed E-state index contributed by atoms with van der Waals surface area (Å²) in [6, 6.07) is 5.64. The minimum Gasteiger partial charge on any atom is -0.481 e. The minimum absolute atomic E-state index is 0.361. The average Bonchev–Trinajstić information content (AvgIpc) is 3.15. The lowest BCUT2D eigenvalue weighted by atomic mass is 10.0. The van der Waals surface area contributed by atoms with Crippen LogP contribution >= 0.6 is 0 Å². The van der Waals surface area contributed by atoms with Gasteiger partial charge in [-0.15, -0.1) is 0 Å². The number of ether oxygens (including phenoxy) is 2. The Morgan fingerprint density at radius 3 is 2.67 bits per heavy atom. The van der Waals surface area contributed by atoms with Gasteiger partial charge in [0.1, 0.15) is 11.6 Å². The molecule has 3 aromatic heterocycles. The fourth-order valence-corrected chi connectivity index (χ4v) is 3.52. The quantitative estimate of drug-likeness (QED) is 0.502. The van der Waals surface area contributed by atoms with Gasteiger partial charge in [-0.2, -0.15) is 0 Å². The molecule has 33 heavy (non-hydrogen) atoms. The van der Waals surface area contributed by atoms with E-state index in [4.69, 9.17) is 15.2 Å². The molecule has 1 atom stereocenters. The van der Waals surface area contributed by atoms with Crippen molar-refractivity contribution in [2.24, 2.45) is 17.8 Å². The summed E-state index contributed by atoms with van der Waals surface area (Å²) in [7, 11) is 5.19. The van der Waals surface area contributed by atoms with Crippen LogP contribution in [0.4, 0.5) is 11.5 Å². The highest BCUT2D eigenvalue weighted by Crippen LogP contribution is 2.37. The van der Waals surface area contributed by atoms with E-state index in [1.165, 1.54) is 0 Å². The van der Waals surface area contributed by atoms with Crippen molar-refractivity contribution >= 4 is 17.7 Å². The average molecular weight is 451 g/mol. The Kier molecular flexibility index (Phi) is 5.81. The van der Waals surface area contributed by atoms with Crippen molar-refractivity contribution in [2.45, 2.75) is 32.2 Å². The zero-order chi connectivity index (χ0) is 23.8. The van der Waals surface area contributed by atoms with Gasteiger partial charge in [0.15, 0.2) is 0 Å². The maximum atomic E-state index is 6.74. The van der Waals surface area contributed by atoms with Gasteiger partial charge in [0.05, 0.1) is 41.5 Å². The lowest BCUT2D eigenvalue weighted by Gasteiger charge is -2.33. The molecule has 0 spiro atoms. The van der Waals surface area contributed by atoms with Gasteiger partial charge in [-0.1, -0.05) is 0 Å². The van der Waals surface area contributed by atoms with Crippen molar-refractivity contribution in [2.75, 3.05) is 31.4 Å². The van der Waals surface area contributed by atoms with Gasteiger partial charge < -0.3 is 24.7 Å². The molecule has 174 valence electrons. The first-order valence-corrected chi connectivity index (χ1v) is 10.6. The predicted molar refractivity (Wildman–Crippen MR) is 129 cm³/mol. The number of nitrogens with two attached hydrogens (primary N) is 1. The molecule has 10 nitrogen and oxygen atoms in total. The Hall–Kier alpha value is -3.50. The van der Waals surface area contributed by atoms with Gasteiger partial charge >= 0.3 is 0 Å². The number of methoxy groups -OCH3 is 2. The van der Waals surface area contributed by atoms with Crippen molar-refractivity contribution in [3.63, 3.8) is 0 Å². The molecular formula is C23H30N8O2. The van der Waals surface area contributed by atoms with Crippen molar-refractivity contribution in [1.29, 1.82) is 0 Å². The summed E-state index contributed by atoms with van der Waals surface area (Å²) in [6.45, 7) is 6.50. The predicted octanol–water partition coefficient (Wildman–Crippen LogP) is 2.64. The van der Waals surface area contributed by atoms with Crippen molar-refractivity contribution in [3.8, 4) is 17.3 Å². The summed E-state index contributed by atoms with van der Waals surface area (Å²) in [5.74, 6) is 0.639. The lowest BCUT2D eigenvalue weighted by Crippen LogP contribution is -2.45. The standard InChI is InChI=1S/C23H30N8O2/c1-14-26-12-18(31(14)4)17-8-7-16(21(29-17)32-5)23(24)28-11-15-9-10-25-20(19(15)30-23)27-13-22(2,3)33-6/h7-12,30H,13,24H2,1-6H3,(H,25,27). The van der Waals surface area contributed by atoms with E-state index in [1.54, 1.807) is 32.8 Å². The number of rotatable bonds is 7. The van der Waals surface area contributed by atoms with E-state index in [0.717, 1.165) is 28.5 Å². The second-order valence-electron chi connectivity index (χ2n) is 8.59. The molecule has 1 unspecified atom stereocenters. The number of hydrogen-bond acceptors (Lipinski definition) is 9. The molecule has 1 aliphatic rings. The van der Waals surface area contributed by atoms with Crippen LogP contribution in [0.15, 0.2) is 35.6 Å². The molecule has 0 aromatic carbocycles. The largest absolute Gasteiger partial charge is 0.481 e. The molecule has 10 heteroatoms. The second kappa shape index (κ2) is 8.45. The molecule has 1 aliphatic heterocycles. The molecule has 0 aliphatic carbocycles. The van der Waals surface area contributed by atoms with Crippen LogP contribution in [-0.4, -0.2) is 52.1 Å². The van der Waals surface area contributed by atoms with Gasteiger partial charge in [0, 0.05) is 38.7 Å². The topological polar surface area (TPSA) is 125 Å². The molecule has 4 rings (SSSR count). The molecule has 4 heterocycles. The third-order valence-electron chi connectivity index (χ3n) is 5.89. The third-order valence-corrected chi connectivity index (χ3v) is 5.89. The Balaban J connectivity index is 1.69. The number of anilines is 2. The van der Waals surface area contributed by atoms with Gasteiger partial charge in [0.25, 0.3) is 0 Å². The van der Waals surface area contributed by atoms with Gasteiger partial charge in [0.2, 0.25) is 11.7 Å². The van der Waals surface area contributed by atoms with E-state index in [0.29, 0.717) is 23.8 Å². The maximum absolute atomic E-state index is 6.74. The van der Waals surface area contributed by atoms with Crippen LogP contribution in [0.3, 0.4) is 0 Å². The molecule has 0 radical (unpaired) electrons. The molecule has 0 amide bonds. The minimum atomic E-state index is -1.29. The van der Waals surface area contributed by atoms with Gasteiger partial charge in [-0.25, -0.2) is 19.9 Å². The first kappa shape index (κ1) is 22.7. The zero-order valence-electron chi connectivity index (χ0n) is 19.8. The highest BCUT2D eigenvalue weighted by atomic mass is 16.5. The number of nitrogens with one attached hydrogen (secondary N) is 2. The highest BCUT2D eigenvalue weighted by molar-refractivity contribution is 5.94. The van der Waals surface area contributed by atoms with Gasteiger partial charge in [-0.05, 0) is 39.0 Å². The third kappa shape index (κ3) is 4.27. The van der Waals surface area contributed by atoms with Crippen molar-refractivity contribution < 1.29 is 9.47 Å². The van der Waals surface area contributed by atoms with Crippen molar-refractivity contribution in [1.82, 2.24) is 19.5 Å². The molecule has 3 aromatic rings. The smallest absolute Gasteiger partial charge is 0.222 e. The summed E-state index contributed by atoms with van der Waals surface area (Å²) in [5, 5.41) is 6.69. The van der Waals surface area contributed by atoms with Crippen LogP contribution in [0.1, 0.15) is 30.8 Å². The number of hydrogen-bond donors (Lipinski definition) is 3. The Labute approximate surface area is 193 Å². The van der Waals surface area contributed by atoms with E-state index in [9.17, 15) is 0 Å². The summed E-state index contributed by atoms with van der Waals surface area (Å²) < 4.78 is 13.1. The van der Waals surface area contributed by atoms with Crippen LogP contribution in [0, 0.1) is 6.92 Å². The molecule has 0 bridgehead atoms. The molecule has 0 saturated carbocycles. The van der Waals surface area contributed by atoms with E-state index in [1.807, 2.05) is 50.6 Å². The molecule has 0 fully saturated rings. The lowest BCUT2D eigenvalue weighted by molar-refractivity contribution is 0.0343. The first-order chi connectivity index (χ1) is 15.7. The summed E-state index contributed by atoms with van der Waals surface area (Å²) in [4.78, 5) is 18.1.